The summed E-state index contributed by atoms with van der Waals surface area (Å²) in [5, 5.41) is 4.53. The Labute approximate surface area is 111 Å². The lowest BCUT2D eigenvalue weighted by Gasteiger charge is -2.11. The molecule has 5 nitrogen and oxygen atoms in total. The second kappa shape index (κ2) is 5.95. The van der Waals surface area contributed by atoms with Crippen LogP contribution in [0.2, 0.25) is 5.02 Å². The summed E-state index contributed by atoms with van der Waals surface area (Å²) in [6.07, 6.45) is 0. The van der Waals surface area contributed by atoms with Gasteiger partial charge in [-0.2, -0.15) is 4.98 Å². The fourth-order valence-corrected chi connectivity index (χ4v) is 1.82. The Hall–Kier alpha value is -1.43. The molecule has 0 saturated heterocycles. The molecular formula is C12H15ClN4O. The van der Waals surface area contributed by atoms with Crippen molar-refractivity contribution in [1.82, 2.24) is 15.0 Å². The van der Waals surface area contributed by atoms with Crippen LogP contribution in [0.5, 0.6) is 0 Å². The monoisotopic (exact) mass is 266 g/mol. The van der Waals surface area contributed by atoms with Crippen molar-refractivity contribution in [1.29, 1.82) is 0 Å². The minimum absolute atomic E-state index is 0.441. The molecule has 0 aliphatic carbocycles. The molecule has 0 spiro atoms. The Bertz CT molecular complexity index is 514. The molecule has 1 heterocycles. The molecule has 0 atom stereocenters. The zero-order valence-electron chi connectivity index (χ0n) is 10.1. The zero-order chi connectivity index (χ0) is 13.0. The zero-order valence-corrected chi connectivity index (χ0v) is 10.9. The summed E-state index contributed by atoms with van der Waals surface area (Å²) < 4.78 is 5.21. The molecule has 2 rings (SSSR count). The van der Waals surface area contributed by atoms with Gasteiger partial charge in [0.15, 0.2) is 5.82 Å². The van der Waals surface area contributed by atoms with E-state index in [0.717, 1.165) is 12.1 Å². The number of aromatic nitrogens is 2. The molecule has 2 aromatic rings. The van der Waals surface area contributed by atoms with E-state index in [-0.39, 0.29) is 0 Å². The summed E-state index contributed by atoms with van der Waals surface area (Å²) in [4.78, 5) is 6.35. The van der Waals surface area contributed by atoms with E-state index in [1.54, 1.807) is 6.07 Å². The van der Waals surface area contributed by atoms with E-state index in [4.69, 9.17) is 21.9 Å². The average Bonchev–Trinajstić information content (AvgIpc) is 2.78. The van der Waals surface area contributed by atoms with Gasteiger partial charge < -0.3 is 10.3 Å². The maximum Gasteiger partial charge on any atom is 0.259 e. The molecule has 1 aromatic heterocycles. The van der Waals surface area contributed by atoms with E-state index >= 15 is 0 Å². The Morgan fingerprint density at radius 2 is 2.17 bits per heavy atom. The number of hydrogen-bond donors (Lipinski definition) is 1. The predicted octanol–water partition coefficient (Wildman–Crippen LogP) is 1.78. The van der Waals surface area contributed by atoms with Gasteiger partial charge in [0.2, 0.25) is 0 Å². The summed E-state index contributed by atoms with van der Waals surface area (Å²) in [6.45, 7) is 1.99. The maximum absolute atomic E-state index is 6.07. The van der Waals surface area contributed by atoms with Crippen LogP contribution in [0.3, 0.4) is 0 Å². The molecule has 0 amide bonds. The van der Waals surface area contributed by atoms with E-state index in [0.29, 0.717) is 29.8 Å². The highest BCUT2D eigenvalue weighted by molar-refractivity contribution is 6.33. The van der Waals surface area contributed by atoms with Crippen LogP contribution in [0.15, 0.2) is 28.8 Å². The highest BCUT2D eigenvalue weighted by Crippen LogP contribution is 2.25. The van der Waals surface area contributed by atoms with Gasteiger partial charge in [-0.25, -0.2) is 0 Å². The fraction of sp³-hybridized carbons (Fsp3) is 0.333. The number of halogens is 1. The van der Waals surface area contributed by atoms with E-state index in [1.165, 1.54) is 0 Å². The molecule has 0 aliphatic heterocycles. The highest BCUT2D eigenvalue weighted by Gasteiger charge is 2.12. The quantitative estimate of drug-likeness (QED) is 0.893. The highest BCUT2D eigenvalue weighted by atomic mass is 35.5. The van der Waals surface area contributed by atoms with Crippen molar-refractivity contribution in [3.05, 3.63) is 35.1 Å². The van der Waals surface area contributed by atoms with Gasteiger partial charge in [-0.1, -0.05) is 28.9 Å². The molecule has 18 heavy (non-hydrogen) atoms. The molecule has 0 bridgehead atoms. The van der Waals surface area contributed by atoms with Gasteiger partial charge in [0.05, 0.1) is 17.1 Å². The van der Waals surface area contributed by atoms with Crippen LogP contribution in [-0.4, -0.2) is 35.2 Å². The molecule has 1 aromatic carbocycles. The molecule has 0 unspecified atom stereocenters. The van der Waals surface area contributed by atoms with E-state index in [1.807, 2.05) is 30.1 Å². The third-order valence-corrected chi connectivity index (χ3v) is 2.82. The van der Waals surface area contributed by atoms with Crippen molar-refractivity contribution in [2.75, 3.05) is 20.1 Å². The lowest BCUT2D eigenvalue weighted by molar-refractivity contribution is 0.317. The van der Waals surface area contributed by atoms with Crippen LogP contribution in [0.25, 0.3) is 11.5 Å². The SMILES string of the molecule is CN(CCN)Cc1noc(-c2ccccc2Cl)n1. The summed E-state index contributed by atoms with van der Waals surface area (Å²) >= 11 is 6.07. The fourth-order valence-electron chi connectivity index (χ4n) is 1.60. The summed E-state index contributed by atoms with van der Waals surface area (Å²) in [6, 6.07) is 7.38. The molecule has 0 fully saturated rings. The third-order valence-electron chi connectivity index (χ3n) is 2.49. The summed E-state index contributed by atoms with van der Waals surface area (Å²) in [5.74, 6) is 1.07. The molecule has 2 N–H and O–H groups in total. The molecular weight excluding hydrogens is 252 g/mol. The van der Waals surface area contributed by atoms with Gasteiger partial charge in [0.25, 0.3) is 5.89 Å². The van der Waals surface area contributed by atoms with Crippen molar-refractivity contribution in [2.45, 2.75) is 6.54 Å². The Morgan fingerprint density at radius 3 is 2.89 bits per heavy atom. The normalized spacial score (nSPS) is 11.1. The van der Waals surface area contributed by atoms with Crippen molar-refractivity contribution in [3.63, 3.8) is 0 Å². The first-order valence-electron chi connectivity index (χ1n) is 5.67. The lowest BCUT2D eigenvalue weighted by Crippen LogP contribution is -2.25. The van der Waals surface area contributed by atoms with Crippen LogP contribution >= 0.6 is 11.6 Å². The average molecular weight is 267 g/mol. The third kappa shape index (κ3) is 3.07. The molecule has 0 saturated carbocycles. The molecule has 96 valence electrons. The molecule has 6 heteroatoms. The minimum Gasteiger partial charge on any atom is -0.334 e. The van der Waals surface area contributed by atoms with Crippen molar-refractivity contribution in [2.24, 2.45) is 5.73 Å². The van der Waals surface area contributed by atoms with Crippen molar-refractivity contribution >= 4 is 11.6 Å². The van der Waals surface area contributed by atoms with Crippen molar-refractivity contribution < 1.29 is 4.52 Å². The van der Waals surface area contributed by atoms with Gasteiger partial charge in [-0.05, 0) is 19.2 Å². The van der Waals surface area contributed by atoms with Crippen LogP contribution in [0, 0.1) is 0 Å². The van der Waals surface area contributed by atoms with Crippen molar-refractivity contribution in [3.8, 4) is 11.5 Å². The number of nitrogens with zero attached hydrogens (tertiary/aromatic N) is 3. The number of benzene rings is 1. The maximum atomic E-state index is 6.07. The number of nitrogens with two attached hydrogens (primary N) is 1. The van der Waals surface area contributed by atoms with Crippen LogP contribution in [-0.2, 0) is 6.54 Å². The largest absolute Gasteiger partial charge is 0.334 e. The Balaban J connectivity index is 2.13. The number of rotatable bonds is 5. The lowest BCUT2D eigenvalue weighted by atomic mass is 10.2. The Kier molecular flexibility index (Phi) is 4.30. The van der Waals surface area contributed by atoms with Gasteiger partial charge in [0.1, 0.15) is 0 Å². The van der Waals surface area contributed by atoms with Crippen LogP contribution in [0.1, 0.15) is 5.82 Å². The Morgan fingerprint density at radius 1 is 1.39 bits per heavy atom. The van der Waals surface area contributed by atoms with E-state index in [9.17, 15) is 0 Å². The molecule has 0 aliphatic rings. The topological polar surface area (TPSA) is 68.2 Å². The van der Waals surface area contributed by atoms with Gasteiger partial charge in [0, 0.05) is 13.1 Å². The second-order valence-corrected chi connectivity index (χ2v) is 4.43. The van der Waals surface area contributed by atoms with E-state index in [2.05, 4.69) is 10.1 Å². The smallest absolute Gasteiger partial charge is 0.259 e. The minimum atomic E-state index is 0.441. The molecule has 0 radical (unpaired) electrons. The first-order valence-corrected chi connectivity index (χ1v) is 6.04. The van der Waals surface area contributed by atoms with Gasteiger partial charge in [-0.15, -0.1) is 0 Å². The second-order valence-electron chi connectivity index (χ2n) is 4.02. The standard InChI is InChI=1S/C12H15ClN4O/c1-17(7-6-14)8-11-15-12(18-16-11)9-4-2-3-5-10(9)13/h2-5H,6-8,14H2,1H3. The van der Waals surface area contributed by atoms with Crippen LogP contribution < -0.4 is 5.73 Å². The summed E-state index contributed by atoms with van der Waals surface area (Å²) in [5.41, 5.74) is 6.23. The first kappa shape index (κ1) is 13.0. The van der Waals surface area contributed by atoms with Gasteiger partial charge in [-0.3, -0.25) is 4.90 Å². The summed E-state index contributed by atoms with van der Waals surface area (Å²) in [7, 11) is 1.96. The number of likely N-dealkylation sites (N-methyl/N-ethyl adjacent to an activating group) is 1. The first-order chi connectivity index (χ1) is 8.70. The van der Waals surface area contributed by atoms with E-state index < -0.39 is 0 Å². The predicted molar refractivity (Wildman–Crippen MR) is 70.1 cm³/mol. The van der Waals surface area contributed by atoms with Crippen LogP contribution in [0.4, 0.5) is 0 Å². The van der Waals surface area contributed by atoms with Gasteiger partial charge >= 0.3 is 0 Å². The number of hydrogen-bond acceptors (Lipinski definition) is 5.